The van der Waals surface area contributed by atoms with Gasteiger partial charge in [0.25, 0.3) is 18.3 Å². The smallest absolute Gasteiger partial charge is 0.252 e. The van der Waals surface area contributed by atoms with Crippen LogP contribution in [-0.2, 0) is 18.3 Å². The van der Waals surface area contributed by atoms with E-state index < -0.39 is 25.0 Å². The molecular weight excluding hydrogens is 291 g/mol. The van der Waals surface area contributed by atoms with Gasteiger partial charge in [-0.15, -0.1) is 0 Å². The minimum Gasteiger partial charge on any atom is -0.786 e. The maximum absolute atomic E-state index is 10.9. The van der Waals surface area contributed by atoms with Gasteiger partial charge in [0.2, 0.25) is 0 Å². The van der Waals surface area contributed by atoms with Gasteiger partial charge in [0.05, 0.1) is 0 Å². The Labute approximate surface area is 82.8 Å². The van der Waals surface area contributed by atoms with Gasteiger partial charge in [-0.25, -0.2) is 8.42 Å². The number of nitrogens with zero attached hydrogens (tertiary/aromatic N) is 3. The zero-order valence-electron chi connectivity index (χ0n) is 4.96. The summed E-state index contributed by atoms with van der Waals surface area (Å²) in [6, 6.07) is 0. The molecule has 0 spiro atoms. The van der Waals surface area contributed by atoms with Gasteiger partial charge >= 0.3 is 0 Å². The summed E-state index contributed by atoms with van der Waals surface area (Å²) >= 11 is 5.08. The molecule has 0 N–H and O–H groups in total. The fraction of sp³-hybridized carbons (Fsp3) is 0. The van der Waals surface area contributed by atoms with Gasteiger partial charge in [-0.2, -0.15) is 8.28 Å². The van der Waals surface area contributed by atoms with Crippen molar-refractivity contribution in [1.82, 2.24) is 0 Å². The molecule has 6 nitrogen and oxygen atoms in total. The molecule has 0 radical (unpaired) electrons. The second kappa shape index (κ2) is 2.98. The van der Waals surface area contributed by atoms with Gasteiger partial charge in [0, 0.05) is 21.4 Å². The fourth-order valence-corrected chi connectivity index (χ4v) is 9.68. The van der Waals surface area contributed by atoms with Gasteiger partial charge in [-0.1, -0.05) is 15.0 Å². The van der Waals surface area contributed by atoms with Crippen LogP contribution in [0, 0.1) is 0 Å². The quantitative estimate of drug-likeness (QED) is 0.501. The highest BCUT2D eigenvalue weighted by atomic mass is 35.7. The van der Waals surface area contributed by atoms with Crippen LogP contribution in [0.15, 0.2) is 12.1 Å². The minimum atomic E-state index is -4.02. The number of rotatable bonds is 0. The predicted molar refractivity (Wildman–Crippen MR) is 48.0 cm³/mol. The van der Waals surface area contributed by atoms with Crippen LogP contribution in [0.5, 0.6) is 0 Å². The summed E-state index contributed by atoms with van der Waals surface area (Å²) in [7, 11) is 2.67. The second-order valence-electron chi connectivity index (χ2n) is 1.57. The Balaban J connectivity index is 3.70. The first-order valence-corrected chi connectivity index (χ1v) is 9.24. The van der Waals surface area contributed by atoms with Crippen molar-refractivity contribution < 1.29 is 13.3 Å². The van der Waals surface area contributed by atoms with E-state index in [1.165, 1.54) is 0 Å². The lowest BCUT2D eigenvalue weighted by molar-refractivity contribution is -0.158. The van der Waals surface area contributed by atoms with E-state index in [4.69, 9.17) is 32.6 Å². The molecule has 72 valence electrons. The molecule has 12 heavy (non-hydrogen) atoms. The normalized spacial score (nSPS) is 53.3. The fourth-order valence-electron chi connectivity index (χ4n) is 0.407. The average molecular weight is 291 g/mol. The Morgan fingerprint density at radius 1 is 1.25 bits per heavy atom. The molecule has 0 aliphatic carbocycles. The monoisotopic (exact) mass is 290 g/mol. The minimum absolute atomic E-state index is 2.84. The summed E-state index contributed by atoms with van der Waals surface area (Å²) in [6.45, 7) is -4.02. The molecule has 3 atom stereocenters. The van der Waals surface area contributed by atoms with Gasteiger partial charge in [-0.05, 0) is 0 Å². The number of hydrogen-bond donors (Lipinski definition) is 0. The van der Waals surface area contributed by atoms with Crippen LogP contribution < -0.4 is 4.89 Å². The largest absolute Gasteiger partial charge is 0.786 e. The van der Waals surface area contributed by atoms with E-state index in [0.717, 1.165) is 0 Å². The van der Waals surface area contributed by atoms with Crippen molar-refractivity contribution >= 4 is 57.6 Å². The molecule has 0 aromatic carbocycles. The summed E-state index contributed by atoms with van der Waals surface area (Å²) < 4.78 is 30.3. The van der Waals surface area contributed by atoms with Gasteiger partial charge < -0.3 is 4.89 Å². The lowest BCUT2D eigenvalue weighted by Crippen LogP contribution is -2.01. The highest BCUT2D eigenvalue weighted by Gasteiger charge is 2.19. The van der Waals surface area contributed by atoms with Crippen molar-refractivity contribution in [3.8, 4) is 0 Å². The van der Waals surface area contributed by atoms with Gasteiger partial charge in [-0.3, -0.25) is 0 Å². The zero-order chi connectivity index (χ0) is 9.62. The van der Waals surface area contributed by atoms with E-state index >= 15 is 0 Å². The highest BCUT2D eigenvalue weighted by molar-refractivity contribution is 8.28. The Hall–Kier alpha value is 0.960. The number of hydrogen-bond acceptors (Lipinski definition) is 4. The first-order chi connectivity index (χ1) is 5.12. The second-order valence-corrected chi connectivity index (χ2v) is 9.88. The molecule has 0 saturated heterocycles. The van der Waals surface area contributed by atoms with Crippen LogP contribution in [0.2, 0.25) is 0 Å². The molecule has 0 fully saturated rings. The molecule has 0 amide bonds. The summed E-state index contributed by atoms with van der Waals surface area (Å²) in [5.74, 6) is 0. The molecule has 1 heterocycles. The first-order valence-electron chi connectivity index (χ1n) is 2.12. The van der Waals surface area contributed by atoms with Crippen molar-refractivity contribution in [3.05, 3.63) is 0 Å². The Kier molecular flexibility index (Phi) is 2.74. The van der Waals surface area contributed by atoms with Crippen molar-refractivity contribution in [2.45, 2.75) is 0 Å². The van der Waals surface area contributed by atoms with Crippen LogP contribution in [0.3, 0.4) is 0 Å². The van der Waals surface area contributed by atoms with Crippen molar-refractivity contribution in [2.75, 3.05) is 0 Å². The standard InChI is InChI=1S/Cl3N3O3PS2/c1-10(7)4-11(2,8)6-12(3,9)5-10/q-1. The first kappa shape index (κ1) is 11.0. The third-order valence-corrected chi connectivity index (χ3v) is 8.52. The predicted octanol–water partition coefficient (Wildman–Crippen LogP) is 1.62. The van der Waals surface area contributed by atoms with E-state index in [-0.39, 0.29) is 0 Å². The molecule has 0 bridgehead atoms. The van der Waals surface area contributed by atoms with E-state index in [2.05, 4.69) is 12.1 Å². The Morgan fingerprint density at radius 3 is 2.08 bits per heavy atom. The van der Waals surface area contributed by atoms with Crippen LogP contribution in [0.25, 0.3) is 0 Å². The summed E-state index contributed by atoms with van der Waals surface area (Å²) in [6.07, 6.45) is 0. The Morgan fingerprint density at radius 2 is 1.75 bits per heavy atom. The lowest BCUT2D eigenvalue weighted by atomic mass is 13.8. The zero-order valence-corrected chi connectivity index (χ0v) is 9.76. The Bertz CT molecular complexity index is 471. The van der Waals surface area contributed by atoms with Crippen LogP contribution in [0.4, 0.5) is 0 Å². The molecule has 1 aliphatic heterocycles. The third-order valence-electron chi connectivity index (χ3n) is 0.587. The summed E-state index contributed by atoms with van der Waals surface area (Å²) in [4.78, 5) is 10.9. The van der Waals surface area contributed by atoms with Crippen LogP contribution in [0.1, 0.15) is 0 Å². The maximum atomic E-state index is 10.9. The number of halogens is 3. The van der Waals surface area contributed by atoms with Crippen LogP contribution >= 0.6 is 39.4 Å². The highest BCUT2D eigenvalue weighted by Crippen LogP contribution is 2.53. The van der Waals surface area contributed by atoms with Gasteiger partial charge in [0.1, 0.15) is 6.78 Å². The SMILES string of the molecule is O=S1(Cl)=NP([O-])(Cl)=NS(=O)(Cl)=N1. The van der Waals surface area contributed by atoms with Gasteiger partial charge in [0.15, 0.2) is 0 Å². The molecule has 0 aromatic heterocycles. The third kappa shape index (κ3) is 3.02. The van der Waals surface area contributed by atoms with Crippen molar-refractivity contribution in [1.29, 1.82) is 0 Å². The van der Waals surface area contributed by atoms with E-state index in [0.29, 0.717) is 0 Å². The molecular formula is Cl3N3O3PS2-. The molecule has 12 heteroatoms. The molecule has 1 aliphatic rings. The lowest BCUT2D eigenvalue weighted by Gasteiger charge is -2.18. The molecule has 0 aromatic rings. The average Bonchev–Trinajstić information content (AvgIpc) is 1.44. The van der Waals surface area contributed by atoms with Crippen molar-refractivity contribution in [2.24, 2.45) is 12.1 Å². The van der Waals surface area contributed by atoms with E-state index in [1.54, 1.807) is 0 Å². The topological polar surface area (TPSA) is 94.3 Å². The summed E-state index contributed by atoms with van der Waals surface area (Å²) in [5, 5.41) is 0. The van der Waals surface area contributed by atoms with E-state index in [9.17, 15) is 13.3 Å². The molecule has 1 rings (SSSR count). The molecule has 0 saturated carbocycles. The van der Waals surface area contributed by atoms with Crippen molar-refractivity contribution in [3.63, 3.8) is 0 Å². The maximum Gasteiger partial charge on any atom is 0.252 e. The van der Waals surface area contributed by atoms with E-state index in [1.807, 2.05) is 0 Å². The molecule has 3 unspecified atom stereocenters. The van der Waals surface area contributed by atoms with Crippen LogP contribution in [-0.4, -0.2) is 8.42 Å². The summed E-state index contributed by atoms with van der Waals surface area (Å²) in [5.41, 5.74) is 0.